The van der Waals surface area contributed by atoms with E-state index in [1.54, 1.807) is 0 Å². The highest BCUT2D eigenvalue weighted by Gasteiger charge is 2.25. The third-order valence-corrected chi connectivity index (χ3v) is 6.22. The lowest BCUT2D eigenvalue weighted by Gasteiger charge is -2.32. The van der Waals surface area contributed by atoms with Crippen molar-refractivity contribution in [3.05, 3.63) is 35.9 Å². The maximum Gasteiger partial charge on any atom is 0.223 e. The van der Waals surface area contributed by atoms with Gasteiger partial charge in [0.2, 0.25) is 15.9 Å². The number of nitrogens with zero attached hydrogens (tertiary/aromatic N) is 2. The van der Waals surface area contributed by atoms with Crippen LogP contribution >= 0.6 is 0 Å². The highest BCUT2D eigenvalue weighted by Crippen LogP contribution is 2.22. The number of likely N-dealkylation sites (tertiary alicyclic amines) is 1. The molecule has 1 fully saturated rings. The summed E-state index contributed by atoms with van der Waals surface area (Å²) in [6, 6.07) is 10.5. The Kier molecular flexibility index (Phi) is 7.65. The molecule has 0 N–H and O–H groups in total. The van der Waals surface area contributed by atoms with Gasteiger partial charge in [-0.25, -0.2) is 12.7 Å². The molecular formula is C20H32N2O3S. The molecule has 1 saturated heterocycles. The van der Waals surface area contributed by atoms with Crippen LogP contribution in [0.1, 0.15) is 38.7 Å². The van der Waals surface area contributed by atoms with Gasteiger partial charge in [-0.1, -0.05) is 44.2 Å². The molecule has 5 nitrogen and oxygen atoms in total. The van der Waals surface area contributed by atoms with Gasteiger partial charge in [0.25, 0.3) is 0 Å². The van der Waals surface area contributed by atoms with Gasteiger partial charge in [-0.15, -0.1) is 0 Å². The number of carbonyl (C=O) groups is 1. The summed E-state index contributed by atoms with van der Waals surface area (Å²) in [6.45, 7) is 6.26. The van der Waals surface area contributed by atoms with Gasteiger partial charge in [0.1, 0.15) is 0 Å². The van der Waals surface area contributed by atoms with E-state index in [-0.39, 0.29) is 24.8 Å². The van der Waals surface area contributed by atoms with Crippen LogP contribution in [0.4, 0.5) is 0 Å². The number of sulfonamides is 1. The molecule has 1 aliphatic rings. The number of benzene rings is 1. The van der Waals surface area contributed by atoms with Crippen LogP contribution in [0.2, 0.25) is 0 Å². The molecular weight excluding hydrogens is 348 g/mol. The Morgan fingerprint density at radius 2 is 1.81 bits per heavy atom. The molecule has 146 valence electrons. The van der Waals surface area contributed by atoms with E-state index in [2.05, 4.69) is 24.3 Å². The van der Waals surface area contributed by atoms with Crippen LogP contribution < -0.4 is 0 Å². The molecule has 0 atom stereocenters. The summed E-state index contributed by atoms with van der Waals surface area (Å²) in [7, 11) is -3.27. The summed E-state index contributed by atoms with van der Waals surface area (Å²) >= 11 is 0. The van der Waals surface area contributed by atoms with Crippen molar-refractivity contribution in [1.29, 1.82) is 0 Å². The van der Waals surface area contributed by atoms with E-state index < -0.39 is 10.0 Å². The number of rotatable bonds is 8. The van der Waals surface area contributed by atoms with Crippen molar-refractivity contribution in [1.82, 2.24) is 9.21 Å². The molecule has 0 spiro atoms. The molecule has 0 unspecified atom stereocenters. The first-order valence-corrected chi connectivity index (χ1v) is 11.4. The second-order valence-corrected chi connectivity index (χ2v) is 9.76. The van der Waals surface area contributed by atoms with Crippen LogP contribution in [0.15, 0.2) is 30.3 Å². The molecule has 0 radical (unpaired) electrons. The van der Waals surface area contributed by atoms with Crippen molar-refractivity contribution in [3.63, 3.8) is 0 Å². The van der Waals surface area contributed by atoms with E-state index in [4.69, 9.17) is 0 Å². The second kappa shape index (κ2) is 9.51. The van der Waals surface area contributed by atoms with Crippen LogP contribution in [0.5, 0.6) is 0 Å². The van der Waals surface area contributed by atoms with Gasteiger partial charge in [0.05, 0.1) is 6.26 Å². The maximum absolute atomic E-state index is 12.5. The largest absolute Gasteiger partial charge is 0.343 e. The van der Waals surface area contributed by atoms with Crippen molar-refractivity contribution in [2.75, 3.05) is 32.4 Å². The lowest BCUT2D eigenvalue weighted by Crippen LogP contribution is -2.41. The first-order chi connectivity index (χ1) is 12.3. The predicted molar refractivity (Wildman–Crippen MR) is 105 cm³/mol. The van der Waals surface area contributed by atoms with E-state index in [1.807, 2.05) is 24.8 Å². The molecule has 1 aliphatic heterocycles. The van der Waals surface area contributed by atoms with E-state index in [9.17, 15) is 13.2 Å². The van der Waals surface area contributed by atoms with E-state index >= 15 is 0 Å². The number of piperidine rings is 1. The Balaban J connectivity index is 1.78. The fourth-order valence-electron chi connectivity index (χ4n) is 3.51. The normalized spacial score (nSPS) is 16.4. The summed E-state index contributed by atoms with van der Waals surface area (Å²) in [6.07, 6.45) is 4.59. The van der Waals surface area contributed by atoms with E-state index in [0.29, 0.717) is 12.5 Å². The van der Waals surface area contributed by atoms with Gasteiger partial charge in [-0.3, -0.25) is 4.79 Å². The molecule has 2 rings (SSSR count). The van der Waals surface area contributed by atoms with Crippen LogP contribution in [0, 0.1) is 11.8 Å². The van der Waals surface area contributed by atoms with Gasteiger partial charge in [-0.2, -0.15) is 0 Å². The Bertz CT molecular complexity index is 666. The topological polar surface area (TPSA) is 57.7 Å². The number of hydrogen-bond acceptors (Lipinski definition) is 3. The summed E-state index contributed by atoms with van der Waals surface area (Å²) in [5.74, 6) is 0.934. The molecule has 1 aromatic rings. The minimum atomic E-state index is -3.27. The third kappa shape index (κ3) is 6.72. The number of carbonyl (C=O) groups excluding carboxylic acids is 1. The first-order valence-electron chi connectivity index (χ1n) is 9.52. The molecule has 0 bridgehead atoms. The minimum absolute atomic E-state index is 0.0700. The van der Waals surface area contributed by atoms with Crippen molar-refractivity contribution >= 4 is 15.9 Å². The van der Waals surface area contributed by atoms with Crippen LogP contribution in [0.3, 0.4) is 0 Å². The Hall–Kier alpha value is -1.40. The molecule has 1 heterocycles. The lowest BCUT2D eigenvalue weighted by atomic mass is 9.90. The number of hydrogen-bond donors (Lipinski definition) is 0. The standard InChI is InChI=1S/C20H32N2O3S/c1-17(2)16-22(26(3,24)25)14-11-20(23)21-12-9-19(10-13-21)15-18-7-5-4-6-8-18/h4-8,17,19H,9-16H2,1-3H3. The quantitative estimate of drug-likeness (QED) is 0.697. The first kappa shape index (κ1) is 20.9. The highest BCUT2D eigenvalue weighted by molar-refractivity contribution is 7.88. The average Bonchev–Trinajstić information content (AvgIpc) is 2.58. The molecule has 0 aromatic heterocycles. The summed E-state index contributed by atoms with van der Waals surface area (Å²) in [5, 5.41) is 0. The van der Waals surface area contributed by atoms with Crippen LogP contribution in [0.25, 0.3) is 0 Å². The Labute approximate surface area is 158 Å². The van der Waals surface area contributed by atoms with E-state index in [0.717, 1.165) is 32.4 Å². The van der Waals surface area contributed by atoms with Crippen LogP contribution in [-0.2, 0) is 21.2 Å². The fraction of sp³-hybridized carbons (Fsp3) is 0.650. The zero-order valence-corrected chi connectivity index (χ0v) is 17.0. The smallest absolute Gasteiger partial charge is 0.223 e. The maximum atomic E-state index is 12.5. The summed E-state index contributed by atoms with van der Waals surface area (Å²) < 4.78 is 25.2. The van der Waals surface area contributed by atoms with E-state index in [1.165, 1.54) is 16.1 Å². The molecule has 6 heteroatoms. The number of amides is 1. The summed E-state index contributed by atoms with van der Waals surface area (Å²) in [4.78, 5) is 14.4. The molecule has 0 saturated carbocycles. The molecule has 1 amide bonds. The van der Waals surface area contributed by atoms with Crippen molar-refractivity contribution in [2.24, 2.45) is 11.8 Å². The fourth-order valence-corrected chi connectivity index (χ4v) is 4.50. The lowest BCUT2D eigenvalue weighted by molar-refractivity contribution is -0.132. The van der Waals surface area contributed by atoms with Gasteiger partial charge in [0, 0.05) is 32.6 Å². The molecule has 1 aromatic carbocycles. The van der Waals surface area contributed by atoms with Gasteiger partial charge >= 0.3 is 0 Å². The third-order valence-electron chi connectivity index (χ3n) is 4.95. The van der Waals surface area contributed by atoms with Crippen LogP contribution in [-0.4, -0.2) is 56.0 Å². The average molecular weight is 381 g/mol. The minimum Gasteiger partial charge on any atom is -0.343 e. The van der Waals surface area contributed by atoms with Gasteiger partial charge in [0.15, 0.2) is 0 Å². The van der Waals surface area contributed by atoms with Gasteiger partial charge < -0.3 is 4.90 Å². The van der Waals surface area contributed by atoms with Crippen molar-refractivity contribution in [3.8, 4) is 0 Å². The SMILES string of the molecule is CC(C)CN(CCC(=O)N1CCC(Cc2ccccc2)CC1)S(C)(=O)=O. The van der Waals surface area contributed by atoms with Crippen molar-refractivity contribution in [2.45, 2.75) is 39.5 Å². The molecule has 26 heavy (non-hydrogen) atoms. The van der Waals surface area contributed by atoms with Gasteiger partial charge in [-0.05, 0) is 36.7 Å². The zero-order valence-electron chi connectivity index (χ0n) is 16.2. The Morgan fingerprint density at radius 3 is 2.35 bits per heavy atom. The highest BCUT2D eigenvalue weighted by atomic mass is 32.2. The predicted octanol–water partition coefficient (Wildman–Crippen LogP) is 2.78. The van der Waals surface area contributed by atoms with Crippen molar-refractivity contribution < 1.29 is 13.2 Å². The Morgan fingerprint density at radius 1 is 1.19 bits per heavy atom. The second-order valence-electron chi connectivity index (χ2n) is 7.78. The molecule has 0 aliphatic carbocycles. The monoisotopic (exact) mass is 380 g/mol. The zero-order chi connectivity index (χ0) is 19.2. The summed E-state index contributed by atoms with van der Waals surface area (Å²) in [5.41, 5.74) is 1.36.